The number of aromatic nitrogens is 5. The number of aliphatic hydroxyl groups is 1. The van der Waals surface area contributed by atoms with E-state index in [1.54, 1.807) is 48.4 Å². The summed E-state index contributed by atoms with van der Waals surface area (Å²) in [5.74, 6) is 0.771. The fourth-order valence-electron chi connectivity index (χ4n) is 3.28. The van der Waals surface area contributed by atoms with E-state index in [0.717, 1.165) is 5.39 Å². The van der Waals surface area contributed by atoms with Gasteiger partial charge < -0.3 is 9.84 Å². The van der Waals surface area contributed by atoms with Gasteiger partial charge >= 0.3 is 0 Å². The van der Waals surface area contributed by atoms with Crippen LogP contribution in [0.15, 0.2) is 53.9 Å². The number of ether oxygens (including phenoxy) is 1. The molecule has 4 aromatic rings. The van der Waals surface area contributed by atoms with Crippen LogP contribution in [-0.2, 0) is 17.1 Å². The van der Waals surface area contributed by atoms with Crippen molar-refractivity contribution in [1.82, 2.24) is 24.5 Å². The first kappa shape index (κ1) is 20.8. The van der Waals surface area contributed by atoms with E-state index in [4.69, 9.17) is 4.74 Å². The molecule has 31 heavy (non-hydrogen) atoms. The van der Waals surface area contributed by atoms with E-state index in [1.807, 2.05) is 6.92 Å². The summed E-state index contributed by atoms with van der Waals surface area (Å²) in [5, 5.41) is 19.2. The van der Waals surface area contributed by atoms with Crippen molar-refractivity contribution in [2.24, 2.45) is 7.05 Å². The van der Waals surface area contributed by atoms with Crippen molar-refractivity contribution in [2.75, 3.05) is 11.8 Å². The molecule has 162 valence electrons. The van der Waals surface area contributed by atoms with Crippen LogP contribution in [0.1, 0.15) is 25.0 Å². The Kier molecular flexibility index (Phi) is 5.38. The molecule has 1 unspecified atom stereocenters. The van der Waals surface area contributed by atoms with Gasteiger partial charge in [-0.05, 0) is 36.2 Å². The van der Waals surface area contributed by atoms with Crippen LogP contribution in [0.25, 0.3) is 16.7 Å². The van der Waals surface area contributed by atoms with Crippen LogP contribution in [0.2, 0.25) is 0 Å². The molecule has 3 heterocycles. The number of nitrogens with one attached hydrogen (secondary N) is 1. The second-order valence-electron chi connectivity index (χ2n) is 6.95. The number of rotatable bonds is 7. The standard InChI is InChI=1S/C20H22N6O4S/c1-4-16(27)13-7-8-21-18(9-13)26-12-15(11-23-26)31(28,29)24-19-17(30-3)6-5-14-10-22-25(2)20(14)19/h5-12,16,24,27H,4H2,1-3H3. The van der Waals surface area contributed by atoms with Gasteiger partial charge in [-0.2, -0.15) is 10.2 Å². The molecule has 4 rings (SSSR count). The zero-order valence-electron chi connectivity index (χ0n) is 17.2. The van der Waals surface area contributed by atoms with Crippen molar-refractivity contribution in [3.8, 4) is 11.6 Å². The summed E-state index contributed by atoms with van der Waals surface area (Å²) in [4.78, 5) is 4.18. The minimum absolute atomic E-state index is 0.0445. The Labute approximate surface area is 179 Å². The zero-order valence-corrected chi connectivity index (χ0v) is 18.0. The van der Waals surface area contributed by atoms with Crippen molar-refractivity contribution in [3.05, 3.63) is 54.6 Å². The van der Waals surface area contributed by atoms with Crippen molar-refractivity contribution in [2.45, 2.75) is 24.3 Å². The molecular formula is C20H22N6O4S. The van der Waals surface area contributed by atoms with Gasteiger partial charge in [0.05, 0.1) is 37.3 Å². The number of nitrogens with zero attached hydrogens (tertiary/aromatic N) is 5. The average Bonchev–Trinajstić information content (AvgIpc) is 3.41. The van der Waals surface area contributed by atoms with Crippen LogP contribution in [0.4, 0.5) is 5.69 Å². The lowest BCUT2D eigenvalue weighted by atomic mass is 10.1. The lowest BCUT2D eigenvalue weighted by molar-refractivity contribution is 0.173. The Balaban J connectivity index is 1.70. The van der Waals surface area contributed by atoms with Crippen LogP contribution in [-0.4, -0.2) is 45.2 Å². The highest BCUT2D eigenvalue weighted by atomic mass is 32.2. The van der Waals surface area contributed by atoms with E-state index in [1.165, 1.54) is 24.2 Å². The lowest BCUT2D eigenvalue weighted by Crippen LogP contribution is -2.14. The van der Waals surface area contributed by atoms with E-state index >= 15 is 0 Å². The van der Waals surface area contributed by atoms with Gasteiger partial charge in [-0.3, -0.25) is 9.40 Å². The minimum Gasteiger partial charge on any atom is -0.494 e. The molecule has 0 aliphatic rings. The fraction of sp³-hybridized carbons (Fsp3) is 0.250. The average molecular weight is 443 g/mol. The van der Waals surface area contributed by atoms with E-state index < -0.39 is 16.1 Å². The van der Waals surface area contributed by atoms with Gasteiger partial charge in [0, 0.05) is 18.6 Å². The van der Waals surface area contributed by atoms with E-state index in [2.05, 4.69) is 19.9 Å². The lowest BCUT2D eigenvalue weighted by Gasteiger charge is -2.13. The fourth-order valence-corrected chi connectivity index (χ4v) is 4.29. The highest BCUT2D eigenvalue weighted by Crippen LogP contribution is 2.34. The number of fused-ring (bicyclic) bond motifs is 1. The van der Waals surface area contributed by atoms with E-state index in [9.17, 15) is 13.5 Å². The summed E-state index contributed by atoms with van der Waals surface area (Å²) in [7, 11) is -0.790. The summed E-state index contributed by atoms with van der Waals surface area (Å²) in [6.07, 6.45) is 5.72. The predicted molar refractivity (Wildman–Crippen MR) is 115 cm³/mol. The Morgan fingerprint density at radius 2 is 2.03 bits per heavy atom. The number of sulfonamides is 1. The second-order valence-corrected chi connectivity index (χ2v) is 8.63. The molecule has 0 saturated carbocycles. The summed E-state index contributed by atoms with van der Waals surface area (Å²) < 4.78 is 37.1. The maximum atomic E-state index is 13.1. The largest absolute Gasteiger partial charge is 0.494 e. The Morgan fingerprint density at radius 1 is 1.23 bits per heavy atom. The molecule has 0 saturated heterocycles. The summed E-state index contributed by atoms with van der Waals surface area (Å²) in [6.45, 7) is 1.87. The van der Waals surface area contributed by atoms with E-state index in [0.29, 0.717) is 34.8 Å². The third-order valence-electron chi connectivity index (χ3n) is 4.97. The van der Waals surface area contributed by atoms with Crippen LogP contribution < -0.4 is 9.46 Å². The minimum atomic E-state index is -3.98. The zero-order chi connectivity index (χ0) is 22.2. The van der Waals surface area contributed by atoms with E-state index in [-0.39, 0.29) is 4.90 Å². The molecule has 0 spiro atoms. The molecule has 0 aliphatic heterocycles. The quantitative estimate of drug-likeness (QED) is 0.450. The molecule has 3 aromatic heterocycles. The molecule has 2 N–H and O–H groups in total. The number of methoxy groups -OCH3 is 1. The Morgan fingerprint density at radius 3 is 2.77 bits per heavy atom. The summed E-state index contributed by atoms with van der Waals surface area (Å²) >= 11 is 0. The van der Waals surface area contributed by atoms with Crippen molar-refractivity contribution in [1.29, 1.82) is 0 Å². The monoisotopic (exact) mass is 442 g/mol. The molecule has 0 amide bonds. The Hall–Kier alpha value is -3.44. The topological polar surface area (TPSA) is 124 Å². The summed E-state index contributed by atoms with van der Waals surface area (Å²) in [6, 6.07) is 6.87. The van der Waals surface area contributed by atoms with Gasteiger partial charge in [0.2, 0.25) is 0 Å². The number of hydrogen-bond acceptors (Lipinski definition) is 7. The van der Waals surface area contributed by atoms with Gasteiger partial charge in [0.15, 0.2) is 5.82 Å². The number of hydrogen-bond donors (Lipinski definition) is 2. The van der Waals surface area contributed by atoms with Crippen molar-refractivity contribution in [3.63, 3.8) is 0 Å². The van der Waals surface area contributed by atoms with Gasteiger partial charge in [0.25, 0.3) is 10.0 Å². The number of aryl methyl sites for hydroxylation is 1. The maximum absolute atomic E-state index is 13.1. The highest BCUT2D eigenvalue weighted by Gasteiger charge is 2.22. The molecule has 1 aromatic carbocycles. The van der Waals surface area contributed by atoms with Gasteiger partial charge in [0.1, 0.15) is 16.3 Å². The molecule has 0 aliphatic carbocycles. The third-order valence-corrected chi connectivity index (χ3v) is 6.27. The number of anilines is 1. The summed E-state index contributed by atoms with van der Waals surface area (Å²) in [5.41, 5.74) is 1.57. The first-order valence-electron chi connectivity index (χ1n) is 9.54. The number of aliphatic hydroxyl groups excluding tert-OH is 1. The number of benzene rings is 1. The molecule has 0 radical (unpaired) electrons. The molecule has 0 bridgehead atoms. The smallest absolute Gasteiger partial charge is 0.265 e. The van der Waals surface area contributed by atoms with Crippen LogP contribution in [0.3, 0.4) is 0 Å². The van der Waals surface area contributed by atoms with Gasteiger partial charge in [-0.15, -0.1) is 0 Å². The van der Waals surface area contributed by atoms with Gasteiger partial charge in [-0.25, -0.2) is 18.1 Å². The molecule has 10 nitrogen and oxygen atoms in total. The van der Waals surface area contributed by atoms with Crippen LogP contribution in [0, 0.1) is 0 Å². The predicted octanol–water partition coefficient (Wildman–Crippen LogP) is 2.41. The Bertz CT molecular complexity index is 1340. The normalized spacial score (nSPS) is 12.8. The maximum Gasteiger partial charge on any atom is 0.265 e. The van der Waals surface area contributed by atoms with Gasteiger partial charge in [-0.1, -0.05) is 6.92 Å². The highest BCUT2D eigenvalue weighted by molar-refractivity contribution is 7.92. The SMILES string of the molecule is CCC(O)c1ccnc(-n2cc(S(=O)(=O)Nc3c(OC)ccc4cnn(C)c34)cn2)c1. The third kappa shape index (κ3) is 3.84. The molecule has 0 fully saturated rings. The van der Waals surface area contributed by atoms with Crippen LogP contribution >= 0.6 is 0 Å². The molecule has 1 atom stereocenters. The first-order chi connectivity index (χ1) is 14.8. The van der Waals surface area contributed by atoms with Crippen LogP contribution in [0.5, 0.6) is 5.75 Å². The molecular weight excluding hydrogens is 420 g/mol. The number of pyridine rings is 1. The molecule has 11 heteroatoms. The first-order valence-corrected chi connectivity index (χ1v) is 11.0. The van der Waals surface area contributed by atoms with Crippen molar-refractivity contribution >= 4 is 26.6 Å². The second kappa shape index (κ2) is 8.00. The van der Waals surface area contributed by atoms with Crippen molar-refractivity contribution < 1.29 is 18.3 Å².